The molecule has 6 nitrogen and oxygen atoms in total. The fourth-order valence-electron chi connectivity index (χ4n) is 2.47. The van der Waals surface area contributed by atoms with Crippen molar-refractivity contribution in [2.75, 3.05) is 13.7 Å². The summed E-state index contributed by atoms with van der Waals surface area (Å²) in [4.78, 5) is 9.21. The van der Waals surface area contributed by atoms with Crippen molar-refractivity contribution in [3.05, 3.63) is 47.6 Å². The number of imidazole rings is 1. The van der Waals surface area contributed by atoms with Crippen LogP contribution < -0.4 is 0 Å². The Labute approximate surface area is 151 Å². The van der Waals surface area contributed by atoms with Gasteiger partial charge >= 0.3 is 0 Å². The van der Waals surface area contributed by atoms with Crippen molar-refractivity contribution in [1.82, 2.24) is 19.7 Å². The summed E-state index contributed by atoms with van der Waals surface area (Å²) in [6.07, 6.45) is 0. The quantitative estimate of drug-likeness (QED) is 0.594. The molecule has 0 saturated heterocycles. The van der Waals surface area contributed by atoms with Gasteiger partial charge in [0.05, 0.1) is 17.6 Å². The Balaban J connectivity index is 1.78. The minimum Gasteiger partial charge on any atom is -0.383 e. The summed E-state index contributed by atoms with van der Waals surface area (Å²) < 4.78 is 12.9. The van der Waals surface area contributed by atoms with Gasteiger partial charge in [-0.2, -0.15) is 4.98 Å². The number of methoxy groups -OCH3 is 1. The van der Waals surface area contributed by atoms with Crippen molar-refractivity contribution in [1.29, 1.82) is 0 Å². The van der Waals surface area contributed by atoms with Crippen molar-refractivity contribution in [2.45, 2.75) is 37.7 Å². The highest BCUT2D eigenvalue weighted by molar-refractivity contribution is 7.99. The van der Waals surface area contributed by atoms with Crippen LogP contribution >= 0.6 is 11.8 Å². The first-order chi connectivity index (χ1) is 12.1. The summed E-state index contributed by atoms with van der Waals surface area (Å²) in [6, 6.07) is 9.82. The Bertz CT molecular complexity index is 829. The lowest BCUT2D eigenvalue weighted by Crippen LogP contribution is -2.08. The monoisotopic (exact) mass is 358 g/mol. The molecule has 25 heavy (non-hydrogen) atoms. The van der Waals surface area contributed by atoms with E-state index >= 15 is 0 Å². The van der Waals surface area contributed by atoms with Gasteiger partial charge in [-0.1, -0.05) is 47.3 Å². The Morgan fingerprint density at radius 1 is 1.20 bits per heavy atom. The van der Waals surface area contributed by atoms with Crippen LogP contribution in [0.15, 0.2) is 40.0 Å². The van der Waals surface area contributed by atoms with E-state index in [1.54, 1.807) is 18.9 Å². The van der Waals surface area contributed by atoms with E-state index in [0.29, 0.717) is 18.3 Å². The Kier molecular flexibility index (Phi) is 5.55. The lowest BCUT2D eigenvalue weighted by molar-refractivity contribution is 0.184. The zero-order valence-electron chi connectivity index (χ0n) is 14.9. The molecule has 2 aromatic heterocycles. The Morgan fingerprint density at radius 2 is 1.96 bits per heavy atom. The highest BCUT2D eigenvalue weighted by Crippen LogP contribution is 2.35. The van der Waals surface area contributed by atoms with Gasteiger partial charge < -0.3 is 13.8 Å². The van der Waals surface area contributed by atoms with Crippen LogP contribution in [0.1, 0.15) is 29.5 Å². The minimum atomic E-state index is 0.00690. The van der Waals surface area contributed by atoms with E-state index in [0.717, 1.165) is 28.7 Å². The van der Waals surface area contributed by atoms with E-state index in [1.807, 2.05) is 44.2 Å². The van der Waals surface area contributed by atoms with E-state index < -0.39 is 0 Å². The summed E-state index contributed by atoms with van der Waals surface area (Å²) in [5.74, 6) is 1.21. The molecule has 0 aliphatic rings. The van der Waals surface area contributed by atoms with Crippen molar-refractivity contribution in [3.8, 4) is 11.4 Å². The Morgan fingerprint density at radius 3 is 2.68 bits per heavy atom. The molecule has 0 N–H and O–H groups in total. The first kappa shape index (κ1) is 17.7. The van der Waals surface area contributed by atoms with Crippen molar-refractivity contribution in [3.63, 3.8) is 0 Å². The van der Waals surface area contributed by atoms with Crippen molar-refractivity contribution < 1.29 is 9.26 Å². The van der Waals surface area contributed by atoms with Gasteiger partial charge in [0, 0.05) is 24.9 Å². The van der Waals surface area contributed by atoms with Gasteiger partial charge in [0.1, 0.15) is 0 Å². The molecule has 0 spiro atoms. The van der Waals surface area contributed by atoms with Gasteiger partial charge in [0.2, 0.25) is 11.7 Å². The smallest absolute Gasteiger partial charge is 0.240 e. The number of rotatable bonds is 7. The third-order valence-corrected chi connectivity index (χ3v) is 5.12. The number of benzene rings is 1. The van der Waals surface area contributed by atoms with Crippen molar-refractivity contribution in [2.24, 2.45) is 0 Å². The van der Waals surface area contributed by atoms with Gasteiger partial charge in [-0.3, -0.25) is 0 Å². The zero-order chi connectivity index (χ0) is 17.8. The fourth-order valence-corrected chi connectivity index (χ4v) is 3.53. The van der Waals surface area contributed by atoms with Crippen LogP contribution in [0, 0.1) is 13.8 Å². The highest BCUT2D eigenvalue weighted by Gasteiger charge is 2.20. The maximum atomic E-state index is 5.47. The molecule has 1 unspecified atom stereocenters. The van der Waals surface area contributed by atoms with Crippen LogP contribution in [0.2, 0.25) is 0 Å². The normalized spacial score (nSPS) is 12.5. The first-order valence-corrected chi connectivity index (χ1v) is 9.06. The summed E-state index contributed by atoms with van der Waals surface area (Å²) in [6.45, 7) is 7.57. The fraction of sp³-hybridized carbons (Fsp3) is 0.389. The standard InChI is InChI=1S/C18H22N4O2S/c1-12-13(2)22(10-11-23-4)18(19-12)25-14(3)17-20-16(21-24-17)15-8-6-5-7-9-15/h5-9,14H,10-11H2,1-4H3. The second-order valence-corrected chi connectivity index (χ2v) is 7.10. The van der Waals surface area contributed by atoms with Gasteiger partial charge in [-0.15, -0.1) is 0 Å². The molecule has 0 bridgehead atoms. The van der Waals surface area contributed by atoms with Crippen LogP contribution in [-0.4, -0.2) is 33.4 Å². The van der Waals surface area contributed by atoms with Crippen LogP contribution in [-0.2, 0) is 11.3 Å². The average Bonchev–Trinajstić information content (AvgIpc) is 3.21. The summed E-state index contributed by atoms with van der Waals surface area (Å²) in [5, 5.41) is 5.05. The van der Waals surface area contributed by atoms with E-state index in [1.165, 1.54) is 0 Å². The Hall–Kier alpha value is -2.12. The maximum Gasteiger partial charge on any atom is 0.240 e. The van der Waals surface area contributed by atoms with E-state index in [9.17, 15) is 0 Å². The number of aromatic nitrogens is 4. The maximum absolute atomic E-state index is 5.47. The molecular weight excluding hydrogens is 336 g/mol. The third-order valence-electron chi connectivity index (χ3n) is 4.05. The number of hydrogen-bond donors (Lipinski definition) is 0. The summed E-state index contributed by atoms with van der Waals surface area (Å²) in [7, 11) is 1.71. The molecule has 0 radical (unpaired) electrons. The minimum absolute atomic E-state index is 0.00690. The zero-order valence-corrected chi connectivity index (χ0v) is 15.7. The largest absolute Gasteiger partial charge is 0.383 e. The molecule has 0 aliphatic heterocycles. The number of hydrogen-bond acceptors (Lipinski definition) is 6. The van der Waals surface area contributed by atoms with Crippen LogP contribution in [0.4, 0.5) is 0 Å². The van der Waals surface area contributed by atoms with Crippen LogP contribution in [0.25, 0.3) is 11.4 Å². The van der Waals surface area contributed by atoms with Gasteiger partial charge in [0.25, 0.3) is 0 Å². The average molecular weight is 358 g/mol. The summed E-state index contributed by atoms with van der Waals surface area (Å²) in [5.41, 5.74) is 3.13. The van der Waals surface area contributed by atoms with Gasteiger partial charge in [-0.05, 0) is 20.8 Å². The molecule has 132 valence electrons. The topological polar surface area (TPSA) is 66.0 Å². The van der Waals surface area contributed by atoms with E-state index in [4.69, 9.17) is 9.26 Å². The SMILES string of the molecule is COCCn1c(SC(C)c2nc(-c3ccccc3)no2)nc(C)c1C. The molecule has 1 aromatic carbocycles. The lowest BCUT2D eigenvalue weighted by Gasteiger charge is -2.11. The first-order valence-electron chi connectivity index (χ1n) is 8.18. The molecule has 0 saturated carbocycles. The number of nitrogens with zero attached hydrogens (tertiary/aromatic N) is 4. The van der Waals surface area contributed by atoms with Crippen LogP contribution in [0.5, 0.6) is 0 Å². The second-order valence-electron chi connectivity index (χ2n) is 5.79. The molecule has 7 heteroatoms. The van der Waals surface area contributed by atoms with E-state index in [-0.39, 0.29) is 5.25 Å². The molecule has 0 amide bonds. The predicted molar refractivity (Wildman–Crippen MR) is 97.6 cm³/mol. The van der Waals surface area contributed by atoms with Gasteiger partial charge in [0.15, 0.2) is 5.16 Å². The van der Waals surface area contributed by atoms with E-state index in [2.05, 4.69) is 26.6 Å². The second kappa shape index (κ2) is 7.84. The summed E-state index contributed by atoms with van der Waals surface area (Å²) >= 11 is 1.62. The predicted octanol–water partition coefficient (Wildman–Crippen LogP) is 4.05. The highest BCUT2D eigenvalue weighted by atomic mass is 32.2. The molecule has 3 rings (SSSR count). The number of aryl methyl sites for hydroxylation is 1. The molecule has 1 atom stereocenters. The number of ether oxygens (including phenoxy) is 1. The van der Waals surface area contributed by atoms with Crippen LogP contribution in [0.3, 0.4) is 0 Å². The number of thioether (sulfide) groups is 1. The molecule has 0 aliphatic carbocycles. The molecule has 3 aromatic rings. The van der Waals surface area contributed by atoms with Crippen molar-refractivity contribution >= 4 is 11.8 Å². The lowest BCUT2D eigenvalue weighted by atomic mass is 10.2. The molecule has 2 heterocycles. The molecular formula is C18H22N4O2S. The van der Waals surface area contributed by atoms with Gasteiger partial charge in [-0.25, -0.2) is 4.98 Å². The third kappa shape index (κ3) is 3.93. The molecule has 0 fully saturated rings.